The molecule has 2 rings (SSSR count). The van der Waals surface area contributed by atoms with Crippen LogP contribution < -0.4 is 10.6 Å². The molecule has 0 aromatic heterocycles. The Kier molecular flexibility index (Phi) is 5.44. The molecule has 4 nitrogen and oxygen atoms in total. The van der Waals surface area contributed by atoms with Crippen molar-refractivity contribution in [3.8, 4) is 0 Å². The van der Waals surface area contributed by atoms with Gasteiger partial charge >= 0.3 is 0 Å². The van der Waals surface area contributed by atoms with E-state index in [1.165, 1.54) is 25.7 Å². The molecular formula is C16H31N3O. The minimum absolute atomic E-state index is 0.168. The number of carbonyl (C=O) groups excluding carboxylic acids is 1. The number of nitrogens with one attached hydrogen (secondary N) is 2. The van der Waals surface area contributed by atoms with E-state index >= 15 is 0 Å². The zero-order valence-corrected chi connectivity index (χ0v) is 13.4. The van der Waals surface area contributed by atoms with Crippen molar-refractivity contribution in [1.29, 1.82) is 0 Å². The molecule has 2 aliphatic rings. The van der Waals surface area contributed by atoms with Gasteiger partial charge < -0.3 is 15.5 Å². The van der Waals surface area contributed by atoms with E-state index < -0.39 is 0 Å². The minimum Gasteiger partial charge on any atom is -0.354 e. The van der Waals surface area contributed by atoms with Crippen LogP contribution in [0.5, 0.6) is 0 Å². The summed E-state index contributed by atoms with van der Waals surface area (Å²) in [4.78, 5) is 14.5. The summed E-state index contributed by atoms with van der Waals surface area (Å²) in [6.45, 7) is 5.22. The van der Waals surface area contributed by atoms with Crippen LogP contribution in [0.4, 0.5) is 0 Å². The van der Waals surface area contributed by atoms with Gasteiger partial charge in [-0.05, 0) is 58.3 Å². The van der Waals surface area contributed by atoms with Crippen LogP contribution in [0.1, 0.15) is 45.4 Å². The third kappa shape index (κ3) is 3.95. The van der Waals surface area contributed by atoms with Crippen molar-refractivity contribution in [2.75, 3.05) is 33.7 Å². The van der Waals surface area contributed by atoms with Gasteiger partial charge in [-0.2, -0.15) is 0 Å². The zero-order chi connectivity index (χ0) is 14.6. The number of likely N-dealkylation sites (N-methyl/N-ethyl adjacent to an activating group) is 1. The lowest BCUT2D eigenvalue weighted by atomic mass is 9.75. The van der Waals surface area contributed by atoms with Crippen LogP contribution in [-0.2, 0) is 4.79 Å². The first kappa shape index (κ1) is 15.8. The molecule has 1 aliphatic heterocycles. The van der Waals surface area contributed by atoms with Gasteiger partial charge in [-0.25, -0.2) is 0 Å². The number of rotatable bonds is 5. The molecule has 3 unspecified atom stereocenters. The first-order valence-electron chi connectivity index (χ1n) is 8.17. The highest BCUT2D eigenvalue weighted by Gasteiger charge is 2.37. The number of hydrogen-bond donors (Lipinski definition) is 2. The second-order valence-electron chi connectivity index (χ2n) is 7.16. The van der Waals surface area contributed by atoms with Gasteiger partial charge in [0.15, 0.2) is 0 Å². The fourth-order valence-corrected chi connectivity index (χ4v) is 3.84. The molecule has 3 atom stereocenters. The topological polar surface area (TPSA) is 44.4 Å². The van der Waals surface area contributed by atoms with E-state index in [0.717, 1.165) is 32.0 Å². The monoisotopic (exact) mass is 281 g/mol. The van der Waals surface area contributed by atoms with E-state index in [0.29, 0.717) is 12.3 Å². The quantitative estimate of drug-likeness (QED) is 0.805. The average molecular weight is 281 g/mol. The molecule has 4 heteroatoms. The summed E-state index contributed by atoms with van der Waals surface area (Å²) in [6.07, 6.45) is 6.84. The highest BCUT2D eigenvalue weighted by Crippen LogP contribution is 2.35. The standard InChI is InChI=1S/C16H31N3O/c1-13-5-4-7-16(10-13,19(2)3)12-18-15(20)9-14-6-8-17-11-14/h13-14,17H,4-12H2,1-3H3,(H,18,20). The van der Waals surface area contributed by atoms with E-state index in [-0.39, 0.29) is 11.4 Å². The maximum absolute atomic E-state index is 12.1. The molecule has 0 spiro atoms. The number of amides is 1. The Morgan fingerprint density at radius 3 is 2.80 bits per heavy atom. The summed E-state index contributed by atoms with van der Waals surface area (Å²) in [5, 5.41) is 6.54. The highest BCUT2D eigenvalue weighted by atomic mass is 16.1. The van der Waals surface area contributed by atoms with Gasteiger partial charge in [0.05, 0.1) is 0 Å². The SMILES string of the molecule is CC1CCCC(CNC(=O)CC2CCNC2)(N(C)C)C1. The molecule has 2 N–H and O–H groups in total. The fraction of sp³-hybridized carbons (Fsp3) is 0.938. The average Bonchev–Trinajstić information content (AvgIpc) is 2.89. The van der Waals surface area contributed by atoms with Gasteiger partial charge in [0, 0.05) is 18.5 Å². The molecule has 0 aromatic carbocycles. The molecule has 116 valence electrons. The van der Waals surface area contributed by atoms with Crippen LogP contribution in [0.2, 0.25) is 0 Å². The Morgan fingerprint density at radius 1 is 1.40 bits per heavy atom. The zero-order valence-electron chi connectivity index (χ0n) is 13.4. The van der Waals surface area contributed by atoms with Crippen LogP contribution in [0.15, 0.2) is 0 Å². The van der Waals surface area contributed by atoms with Crippen LogP contribution in [0, 0.1) is 11.8 Å². The number of hydrogen-bond acceptors (Lipinski definition) is 3. The molecule has 1 heterocycles. The normalized spacial score (nSPS) is 34.4. The van der Waals surface area contributed by atoms with Crippen molar-refractivity contribution in [3.63, 3.8) is 0 Å². The summed E-state index contributed by atoms with van der Waals surface area (Å²) < 4.78 is 0. The minimum atomic E-state index is 0.168. The summed E-state index contributed by atoms with van der Waals surface area (Å²) in [7, 11) is 4.32. The van der Waals surface area contributed by atoms with Crippen molar-refractivity contribution < 1.29 is 4.79 Å². The lowest BCUT2D eigenvalue weighted by Crippen LogP contribution is -2.55. The molecule has 1 amide bonds. The van der Waals surface area contributed by atoms with Crippen molar-refractivity contribution in [2.45, 2.75) is 51.0 Å². The van der Waals surface area contributed by atoms with Crippen LogP contribution in [-0.4, -0.2) is 50.1 Å². The maximum atomic E-state index is 12.1. The summed E-state index contributed by atoms with van der Waals surface area (Å²) in [5.41, 5.74) is 0.168. The van der Waals surface area contributed by atoms with Crippen LogP contribution in [0.25, 0.3) is 0 Å². The van der Waals surface area contributed by atoms with Crippen molar-refractivity contribution in [3.05, 3.63) is 0 Å². The Morgan fingerprint density at radius 2 is 2.20 bits per heavy atom. The number of nitrogens with zero attached hydrogens (tertiary/aromatic N) is 1. The van der Waals surface area contributed by atoms with Crippen LogP contribution >= 0.6 is 0 Å². The first-order chi connectivity index (χ1) is 9.52. The maximum Gasteiger partial charge on any atom is 0.220 e. The molecule has 1 aliphatic carbocycles. The van der Waals surface area contributed by atoms with Gasteiger partial charge in [-0.3, -0.25) is 4.79 Å². The predicted octanol–water partition coefficient (Wildman–Crippen LogP) is 1.61. The third-order valence-electron chi connectivity index (χ3n) is 5.27. The summed E-state index contributed by atoms with van der Waals surface area (Å²) in [6, 6.07) is 0. The van der Waals surface area contributed by atoms with E-state index in [4.69, 9.17) is 0 Å². The van der Waals surface area contributed by atoms with E-state index in [1.54, 1.807) is 0 Å². The van der Waals surface area contributed by atoms with Gasteiger partial charge in [0.2, 0.25) is 5.91 Å². The number of carbonyl (C=O) groups is 1. The Hall–Kier alpha value is -0.610. The highest BCUT2D eigenvalue weighted by molar-refractivity contribution is 5.76. The summed E-state index contributed by atoms with van der Waals surface area (Å²) >= 11 is 0. The molecule has 2 fully saturated rings. The summed E-state index contributed by atoms with van der Waals surface area (Å²) in [5.74, 6) is 1.54. The Balaban J connectivity index is 1.83. The second-order valence-corrected chi connectivity index (χ2v) is 7.16. The van der Waals surface area contributed by atoms with Crippen molar-refractivity contribution >= 4 is 5.91 Å². The third-order valence-corrected chi connectivity index (χ3v) is 5.27. The van der Waals surface area contributed by atoms with Crippen molar-refractivity contribution in [1.82, 2.24) is 15.5 Å². The van der Waals surface area contributed by atoms with Gasteiger partial charge in [0.1, 0.15) is 0 Å². The molecule has 0 aromatic rings. The lowest BCUT2D eigenvalue weighted by molar-refractivity contribution is -0.122. The molecular weight excluding hydrogens is 250 g/mol. The fourth-order valence-electron chi connectivity index (χ4n) is 3.84. The largest absolute Gasteiger partial charge is 0.354 e. The van der Waals surface area contributed by atoms with E-state index in [9.17, 15) is 4.79 Å². The molecule has 1 saturated carbocycles. The Labute approximate surface area is 123 Å². The molecule has 0 bridgehead atoms. The molecule has 1 saturated heterocycles. The van der Waals surface area contributed by atoms with Gasteiger partial charge in [-0.1, -0.05) is 19.8 Å². The van der Waals surface area contributed by atoms with Crippen LogP contribution in [0.3, 0.4) is 0 Å². The molecule has 0 radical (unpaired) electrons. The van der Waals surface area contributed by atoms with Gasteiger partial charge in [-0.15, -0.1) is 0 Å². The molecule has 20 heavy (non-hydrogen) atoms. The van der Waals surface area contributed by atoms with E-state index in [1.807, 2.05) is 0 Å². The van der Waals surface area contributed by atoms with Gasteiger partial charge in [0.25, 0.3) is 0 Å². The second kappa shape index (κ2) is 6.90. The van der Waals surface area contributed by atoms with Crippen molar-refractivity contribution in [2.24, 2.45) is 11.8 Å². The lowest BCUT2D eigenvalue weighted by Gasteiger charge is -2.45. The smallest absolute Gasteiger partial charge is 0.220 e. The predicted molar refractivity (Wildman–Crippen MR) is 82.7 cm³/mol. The van der Waals surface area contributed by atoms with E-state index in [2.05, 4.69) is 36.6 Å². The Bertz CT molecular complexity index is 326. The first-order valence-corrected chi connectivity index (χ1v) is 8.17.